The molecular formula is C14H15NO4. The Balaban J connectivity index is 2.71. The van der Waals surface area contributed by atoms with Crippen molar-refractivity contribution in [2.75, 3.05) is 13.2 Å². The molecule has 1 atom stereocenters. The summed E-state index contributed by atoms with van der Waals surface area (Å²) >= 11 is 0. The maximum Gasteiger partial charge on any atom is 0.331 e. The number of carbonyl (C=O) groups excluding carboxylic acids is 2. The Bertz CT molecular complexity index is 487. The molecule has 0 fully saturated rings. The maximum absolute atomic E-state index is 11.8. The molecule has 0 saturated carbocycles. The third-order valence-corrected chi connectivity index (χ3v) is 2.37. The van der Waals surface area contributed by atoms with Crippen molar-refractivity contribution in [1.82, 2.24) is 5.32 Å². The summed E-state index contributed by atoms with van der Waals surface area (Å²) in [5.41, 5.74) is 1.00. The van der Waals surface area contributed by atoms with Crippen LogP contribution in [0, 0.1) is 12.3 Å². The van der Waals surface area contributed by atoms with E-state index in [1.807, 2.05) is 0 Å². The summed E-state index contributed by atoms with van der Waals surface area (Å²) in [5, 5.41) is 11.4. The highest BCUT2D eigenvalue weighted by atomic mass is 16.5. The van der Waals surface area contributed by atoms with Gasteiger partial charge in [0.2, 0.25) is 0 Å². The first-order chi connectivity index (χ1) is 9.12. The second-order valence-electron chi connectivity index (χ2n) is 3.68. The van der Waals surface area contributed by atoms with E-state index in [1.165, 1.54) is 0 Å². The number of benzene rings is 1. The number of hydrogen-bond donors (Lipinski definition) is 2. The summed E-state index contributed by atoms with van der Waals surface area (Å²) < 4.78 is 4.73. The molecule has 0 spiro atoms. The van der Waals surface area contributed by atoms with Gasteiger partial charge in [-0.3, -0.25) is 4.79 Å². The Labute approximate surface area is 111 Å². The quantitative estimate of drug-likeness (QED) is 0.591. The lowest BCUT2D eigenvalue weighted by Crippen LogP contribution is -2.44. The number of nitrogens with one attached hydrogen (secondary N) is 1. The van der Waals surface area contributed by atoms with E-state index < -0.39 is 24.5 Å². The lowest BCUT2D eigenvalue weighted by molar-refractivity contribution is -0.146. The molecule has 0 radical (unpaired) electrons. The monoisotopic (exact) mass is 261 g/mol. The molecule has 5 nitrogen and oxygen atoms in total. The summed E-state index contributed by atoms with van der Waals surface area (Å²) in [7, 11) is 0. The molecule has 1 rings (SSSR count). The van der Waals surface area contributed by atoms with Crippen molar-refractivity contribution in [3.8, 4) is 12.3 Å². The first-order valence-corrected chi connectivity index (χ1v) is 5.77. The van der Waals surface area contributed by atoms with E-state index in [9.17, 15) is 9.59 Å². The third kappa shape index (κ3) is 4.12. The van der Waals surface area contributed by atoms with Crippen molar-refractivity contribution in [3.63, 3.8) is 0 Å². The minimum atomic E-state index is -1.07. The van der Waals surface area contributed by atoms with Crippen LogP contribution in [0.5, 0.6) is 0 Å². The molecule has 1 aromatic rings. The lowest BCUT2D eigenvalue weighted by atomic mass is 10.1. The predicted molar refractivity (Wildman–Crippen MR) is 69.4 cm³/mol. The smallest absolute Gasteiger partial charge is 0.331 e. The molecule has 0 aliphatic heterocycles. The van der Waals surface area contributed by atoms with Crippen LogP contribution in [-0.2, 0) is 9.53 Å². The number of terminal acetylenes is 1. The number of aliphatic hydroxyl groups is 1. The molecule has 0 heterocycles. The summed E-state index contributed by atoms with van der Waals surface area (Å²) in [4.78, 5) is 23.3. The molecule has 0 aromatic heterocycles. The van der Waals surface area contributed by atoms with Gasteiger partial charge in [0.1, 0.15) is 0 Å². The summed E-state index contributed by atoms with van der Waals surface area (Å²) in [6, 6.07) is 5.26. The Hall–Kier alpha value is -2.32. The van der Waals surface area contributed by atoms with E-state index in [-0.39, 0.29) is 6.61 Å². The number of aliphatic hydroxyl groups excluding tert-OH is 1. The second kappa shape index (κ2) is 7.19. The van der Waals surface area contributed by atoms with Gasteiger partial charge >= 0.3 is 5.97 Å². The molecule has 100 valence electrons. The Morgan fingerprint density at radius 3 is 2.53 bits per heavy atom. The predicted octanol–water partition coefficient (Wildman–Crippen LogP) is 0.322. The number of amides is 1. The van der Waals surface area contributed by atoms with E-state index in [4.69, 9.17) is 16.3 Å². The largest absolute Gasteiger partial charge is 0.464 e. The van der Waals surface area contributed by atoms with Gasteiger partial charge in [0.05, 0.1) is 13.2 Å². The zero-order valence-electron chi connectivity index (χ0n) is 10.6. The van der Waals surface area contributed by atoms with Gasteiger partial charge in [-0.2, -0.15) is 0 Å². The fraction of sp³-hybridized carbons (Fsp3) is 0.286. The van der Waals surface area contributed by atoms with Crippen molar-refractivity contribution < 1.29 is 19.4 Å². The molecule has 1 aromatic carbocycles. The van der Waals surface area contributed by atoms with Crippen LogP contribution in [-0.4, -0.2) is 36.2 Å². The fourth-order valence-electron chi connectivity index (χ4n) is 1.38. The highest BCUT2D eigenvalue weighted by molar-refractivity contribution is 5.96. The highest BCUT2D eigenvalue weighted by Crippen LogP contribution is 2.04. The molecule has 1 amide bonds. The SMILES string of the molecule is C#Cc1ccc(C(=O)NC(CO)C(=O)OCC)cc1. The molecule has 2 N–H and O–H groups in total. The van der Waals surface area contributed by atoms with E-state index >= 15 is 0 Å². The minimum absolute atomic E-state index is 0.183. The molecular weight excluding hydrogens is 246 g/mol. The number of rotatable bonds is 5. The van der Waals surface area contributed by atoms with Gasteiger partial charge in [0.25, 0.3) is 5.91 Å². The van der Waals surface area contributed by atoms with Crippen LogP contribution >= 0.6 is 0 Å². The Kier molecular flexibility index (Phi) is 5.58. The van der Waals surface area contributed by atoms with Gasteiger partial charge in [-0.1, -0.05) is 5.92 Å². The van der Waals surface area contributed by atoms with E-state index in [0.717, 1.165) is 0 Å². The van der Waals surface area contributed by atoms with Gasteiger partial charge in [0.15, 0.2) is 6.04 Å². The van der Waals surface area contributed by atoms with Gasteiger partial charge in [-0.05, 0) is 31.2 Å². The summed E-state index contributed by atoms with van der Waals surface area (Å²) in [5.74, 6) is 1.29. The molecule has 5 heteroatoms. The maximum atomic E-state index is 11.8. The van der Waals surface area contributed by atoms with Crippen LogP contribution in [0.3, 0.4) is 0 Å². The average molecular weight is 261 g/mol. The topological polar surface area (TPSA) is 75.6 Å². The molecule has 0 aliphatic carbocycles. The van der Waals surface area contributed by atoms with Crippen LogP contribution in [0.1, 0.15) is 22.8 Å². The fourth-order valence-corrected chi connectivity index (χ4v) is 1.38. The number of esters is 1. The van der Waals surface area contributed by atoms with Crippen molar-refractivity contribution >= 4 is 11.9 Å². The van der Waals surface area contributed by atoms with Crippen molar-refractivity contribution in [2.45, 2.75) is 13.0 Å². The molecule has 0 saturated heterocycles. The van der Waals surface area contributed by atoms with Gasteiger partial charge in [-0.25, -0.2) is 4.79 Å². The van der Waals surface area contributed by atoms with Gasteiger partial charge in [0, 0.05) is 11.1 Å². The van der Waals surface area contributed by atoms with Crippen LogP contribution in [0.15, 0.2) is 24.3 Å². The molecule has 0 aliphatic rings. The van der Waals surface area contributed by atoms with Crippen LogP contribution < -0.4 is 5.32 Å². The number of hydrogen-bond acceptors (Lipinski definition) is 4. The molecule has 1 unspecified atom stereocenters. The first-order valence-electron chi connectivity index (χ1n) is 5.77. The van der Waals surface area contributed by atoms with E-state index in [2.05, 4.69) is 11.2 Å². The third-order valence-electron chi connectivity index (χ3n) is 2.37. The van der Waals surface area contributed by atoms with Crippen LogP contribution in [0.4, 0.5) is 0 Å². The molecule has 0 bridgehead atoms. The standard InChI is InChI=1S/C14H15NO4/c1-3-10-5-7-11(8-6-10)13(17)15-12(9-16)14(18)19-4-2/h1,5-8,12,16H,4,9H2,2H3,(H,15,17). The summed E-state index contributed by atoms with van der Waals surface area (Å²) in [6.07, 6.45) is 5.21. The normalized spacial score (nSPS) is 11.2. The van der Waals surface area contributed by atoms with E-state index in [0.29, 0.717) is 11.1 Å². The van der Waals surface area contributed by atoms with Gasteiger partial charge < -0.3 is 15.2 Å². The Morgan fingerprint density at radius 1 is 1.42 bits per heavy atom. The van der Waals surface area contributed by atoms with Crippen LogP contribution in [0.2, 0.25) is 0 Å². The minimum Gasteiger partial charge on any atom is -0.464 e. The Morgan fingerprint density at radius 2 is 2.05 bits per heavy atom. The first kappa shape index (κ1) is 14.7. The average Bonchev–Trinajstić information content (AvgIpc) is 2.44. The van der Waals surface area contributed by atoms with E-state index in [1.54, 1.807) is 31.2 Å². The number of carbonyl (C=O) groups is 2. The molecule has 19 heavy (non-hydrogen) atoms. The van der Waals surface area contributed by atoms with Crippen molar-refractivity contribution in [3.05, 3.63) is 35.4 Å². The zero-order chi connectivity index (χ0) is 14.3. The van der Waals surface area contributed by atoms with Crippen LogP contribution in [0.25, 0.3) is 0 Å². The van der Waals surface area contributed by atoms with Crippen molar-refractivity contribution in [2.24, 2.45) is 0 Å². The zero-order valence-corrected chi connectivity index (χ0v) is 10.6. The van der Waals surface area contributed by atoms with Crippen molar-refractivity contribution in [1.29, 1.82) is 0 Å². The highest BCUT2D eigenvalue weighted by Gasteiger charge is 2.21. The lowest BCUT2D eigenvalue weighted by Gasteiger charge is -2.14. The number of ether oxygens (including phenoxy) is 1. The second-order valence-corrected chi connectivity index (χ2v) is 3.68. The summed E-state index contributed by atoms with van der Waals surface area (Å²) in [6.45, 7) is 1.31. The van der Waals surface area contributed by atoms with Gasteiger partial charge in [-0.15, -0.1) is 6.42 Å².